The van der Waals surface area contributed by atoms with Gasteiger partial charge in [0, 0.05) is 0 Å². The maximum Gasteiger partial charge on any atom is 0.338 e. The van der Waals surface area contributed by atoms with Crippen LogP contribution < -0.4 is 4.74 Å². The summed E-state index contributed by atoms with van der Waals surface area (Å²) in [4.78, 5) is 23.0. The van der Waals surface area contributed by atoms with E-state index in [1.807, 2.05) is 39.8 Å². The number of ether oxygens (including phenoxy) is 2. The van der Waals surface area contributed by atoms with Crippen LogP contribution in [0.15, 0.2) is 41.5 Å². The van der Waals surface area contributed by atoms with E-state index in [-0.39, 0.29) is 6.61 Å². The van der Waals surface area contributed by atoms with Crippen LogP contribution in [0.2, 0.25) is 0 Å². The van der Waals surface area contributed by atoms with E-state index in [2.05, 4.69) is 0 Å². The van der Waals surface area contributed by atoms with Crippen molar-refractivity contribution in [3.63, 3.8) is 0 Å². The molecule has 22 heavy (non-hydrogen) atoms. The van der Waals surface area contributed by atoms with E-state index < -0.39 is 5.97 Å². The van der Waals surface area contributed by atoms with Gasteiger partial charge in [0.1, 0.15) is 19.0 Å². The van der Waals surface area contributed by atoms with Gasteiger partial charge in [-0.2, -0.15) is 0 Å². The SMILES string of the molecule is CC(C)=CCOC(=O)c1ccc(OCC=C(C)C)c(C=O)c1. The maximum absolute atomic E-state index is 11.9. The number of carbonyl (C=O) groups excluding carboxylic acids is 2. The summed E-state index contributed by atoms with van der Waals surface area (Å²) in [5.74, 6) is -0.00945. The van der Waals surface area contributed by atoms with E-state index in [0.717, 1.165) is 11.1 Å². The molecule has 0 N–H and O–H groups in total. The summed E-state index contributed by atoms with van der Waals surface area (Å²) < 4.78 is 10.6. The highest BCUT2D eigenvalue weighted by molar-refractivity contribution is 5.92. The van der Waals surface area contributed by atoms with Crippen LogP contribution in [0.5, 0.6) is 5.75 Å². The quantitative estimate of drug-likeness (QED) is 0.434. The third-order valence-electron chi connectivity index (χ3n) is 2.81. The number of aldehydes is 1. The van der Waals surface area contributed by atoms with Crippen LogP contribution in [0.3, 0.4) is 0 Å². The highest BCUT2D eigenvalue weighted by Crippen LogP contribution is 2.19. The molecule has 4 nitrogen and oxygen atoms in total. The zero-order valence-electron chi connectivity index (χ0n) is 13.5. The van der Waals surface area contributed by atoms with Gasteiger partial charge < -0.3 is 9.47 Å². The zero-order valence-corrected chi connectivity index (χ0v) is 13.5. The van der Waals surface area contributed by atoms with E-state index in [4.69, 9.17) is 9.47 Å². The van der Waals surface area contributed by atoms with Crippen molar-refractivity contribution in [1.29, 1.82) is 0 Å². The Balaban J connectivity index is 2.79. The fourth-order valence-electron chi connectivity index (χ4n) is 1.56. The molecule has 4 heteroatoms. The van der Waals surface area contributed by atoms with Crippen LogP contribution in [-0.2, 0) is 4.74 Å². The third-order valence-corrected chi connectivity index (χ3v) is 2.81. The van der Waals surface area contributed by atoms with Crippen LogP contribution in [0.4, 0.5) is 0 Å². The van der Waals surface area contributed by atoms with Gasteiger partial charge in [-0.3, -0.25) is 4.79 Å². The first-order valence-electron chi connectivity index (χ1n) is 7.10. The zero-order chi connectivity index (χ0) is 16.5. The first kappa shape index (κ1) is 17.7. The van der Waals surface area contributed by atoms with Gasteiger partial charge in [0.2, 0.25) is 0 Å². The summed E-state index contributed by atoms with van der Waals surface area (Å²) in [5.41, 5.74) is 2.87. The fourth-order valence-corrected chi connectivity index (χ4v) is 1.56. The molecule has 0 saturated heterocycles. The van der Waals surface area contributed by atoms with Crippen molar-refractivity contribution in [3.8, 4) is 5.75 Å². The molecule has 0 amide bonds. The lowest BCUT2D eigenvalue weighted by Gasteiger charge is -2.08. The minimum Gasteiger partial charge on any atom is -0.489 e. The molecule has 0 heterocycles. The molecule has 0 aromatic heterocycles. The molecule has 0 aliphatic heterocycles. The molecule has 0 aliphatic rings. The highest BCUT2D eigenvalue weighted by atomic mass is 16.5. The summed E-state index contributed by atoms with van der Waals surface area (Å²) in [6, 6.07) is 4.69. The van der Waals surface area contributed by atoms with Gasteiger partial charge in [-0.25, -0.2) is 4.79 Å². The lowest BCUT2D eigenvalue weighted by molar-refractivity contribution is 0.0549. The Morgan fingerprint density at radius 3 is 2.27 bits per heavy atom. The Morgan fingerprint density at radius 2 is 1.68 bits per heavy atom. The van der Waals surface area contributed by atoms with Crippen LogP contribution in [0, 0.1) is 0 Å². The number of benzene rings is 1. The standard InChI is InChI=1S/C18H22O4/c1-13(2)7-9-21-17-6-5-15(11-16(17)12-19)18(20)22-10-8-14(3)4/h5-8,11-12H,9-10H2,1-4H3. The third kappa shape index (κ3) is 5.95. The van der Waals surface area contributed by atoms with Gasteiger partial charge in [0.15, 0.2) is 6.29 Å². The smallest absolute Gasteiger partial charge is 0.338 e. The predicted octanol–water partition coefficient (Wildman–Crippen LogP) is 3.97. The first-order chi connectivity index (χ1) is 10.4. The van der Waals surface area contributed by atoms with E-state index in [1.54, 1.807) is 12.1 Å². The largest absolute Gasteiger partial charge is 0.489 e. The number of carbonyl (C=O) groups is 2. The number of esters is 1. The summed E-state index contributed by atoms with van der Waals surface area (Å²) in [6.45, 7) is 8.39. The Kier molecular flexibility index (Phi) is 7.09. The molecule has 0 fully saturated rings. The van der Waals surface area contributed by atoms with Crippen LogP contribution in [0.1, 0.15) is 48.4 Å². The van der Waals surface area contributed by atoms with Crippen molar-refractivity contribution in [3.05, 3.63) is 52.6 Å². The maximum atomic E-state index is 11.9. The molecular weight excluding hydrogens is 280 g/mol. The second kappa shape index (κ2) is 8.82. The Hall–Kier alpha value is -2.36. The van der Waals surface area contributed by atoms with Gasteiger partial charge in [-0.1, -0.05) is 11.1 Å². The second-order valence-corrected chi connectivity index (χ2v) is 5.34. The molecule has 1 rings (SSSR count). The molecule has 0 atom stereocenters. The molecule has 0 spiro atoms. The molecule has 0 bridgehead atoms. The van der Waals surface area contributed by atoms with Crippen LogP contribution >= 0.6 is 0 Å². The fraction of sp³-hybridized carbons (Fsp3) is 0.333. The number of hydrogen-bond acceptors (Lipinski definition) is 4. The first-order valence-corrected chi connectivity index (χ1v) is 7.10. The molecule has 0 radical (unpaired) electrons. The average molecular weight is 302 g/mol. The normalized spacial score (nSPS) is 9.64. The highest BCUT2D eigenvalue weighted by Gasteiger charge is 2.11. The van der Waals surface area contributed by atoms with Crippen molar-refractivity contribution in [2.24, 2.45) is 0 Å². The number of allylic oxidation sites excluding steroid dienone is 2. The number of rotatable bonds is 7. The van der Waals surface area contributed by atoms with Gasteiger partial charge in [0.25, 0.3) is 0 Å². The molecule has 0 unspecified atom stereocenters. The van der Waals surface area contributed by atoms with Crippen LogP contribution in [-0.4, -0.2) is 25.5 Å². The predicted molar refractivity (Wildman–Crippen MR) is 86.5 cm³/mol. The van der Waals surface area contributed by atoms with E-state index in [9.17, 15) is 9.59 Å². The molecule has 0 saturated carbocycles. The van der Waals surface area contributed by atoms with Crippen molar-refractivity contribution >= 4 is 12.3 Å². The molecule has 118 valence electrons. The number of hydrogen-bond donors (Lipinski definition) is 0. The van der Waals surface area contributed by atoms with E-state index in [1.165, 1.54) is 6.07 Å². The summed E-state index contributed by atoms with van der Waals surface area (Å²) >= 11 is 0. The minimum atomic E-state index is -0.462. The summed E-state index contributed by atoms with van der Waals surface area (Å²) in [7, 11) is 0. The lowest BCUT2D eigenvalue weighted by atomic mass is 10.1. The Morgan fingerprint density at radius 1 is 1.05 bits per heavy atom. The van der Waals surface area contributed by atoms with Gasteiger partial charge in [-0.05, 0) is 58.0 Å². The topological polar surface area (TPSA) is 52.6 Å². The minimum absolute atomic E-state index is 0.219. The van der Waals surface area contributed by atoms with Crippen molar-refractivity contribution in [2.75, 3.05) is 13.2 Å². The van der Waals surface area contributed by atoms with Gasteiger partial charge >= 0.3 is 5.97 Å². The van der Waals surface area contributed by atoms with Crippen LogP contribution in [0.25, 0.3) is 0 Å². The average Bonchev–Trinajstić information content (AvgIpc) is 2.46. The van der Waals surface area contributed by atoms with E-state index >= 15 is 0 Å². The van der Waals surface area contributed by atoms with Crippen molar-refractivity contribution in [2.45, 2.75) is 27.7 Å². The Labute approximate surface area is 131 Å². The summed E-state index contributed by atoms with van der Waals surface area (Å²) in [6.07, 6.45) is 4.40. The molecule has 1 aromatic rings. The Bertz CT molecular complexity index is 589. The molecule has 0 aliphatic carbocycles. The molecule has 1 aromatic carbocycles. The summed E-state index contributed by atoms with van der Waals surface area (Å²) in [5, 5.41) is 0. The lowest BCUT2D eigenvalue weighted by Crippen LogP contribution is -2.07. The van der Waals surface area contributed by atoms with Crippen molar-refractivity contribution < 1.29 is 19.1 Å². The van der Waals surface area contributed by atoms with Gasteiger partial charge in [-0.15, -0.1) is 0 Å². The molecular formula is C18H22O4. The van der Waals surface area contributed by atoms with Crippen molar-refractivity contribution in [1.82, 2.24) is 0 Å². The van der Waals surface area contributed by atoms with E-state index in [0.29, 0.717) is 29.8 Å². The van der Waals surface area contributed by atoms with Gasteiger partial charge in [0.05, 0.1) is 11.1 Å². The second-order valence-electron chi connectivity index (χ2n) is 5.34. The monoisotopic (exact) mass is 302 g/mol.